The van der Waals surface area contributed by atoms with Crippen molar-refractivity contribution < 1.29 is 4.79 Å². The van der Waals surface area contributed by atoms with E-state index >= 15 is 0 Å². The fraction of sp³-hybridized carbons (Fsp3) is 0.320. The Morgan fingerprint density at radius 3 is 2.79 bits per heavy atom. The summed E-state index contributed by atoms with van der Waals surface area (Å²) in [6.07, 6.45) is 2.08. The maximum atomic E-state index is 13.6. The molecule has 0 aliphatic carbocycles. The number of thioether (sulfide) groups is 1. The Morgan fingerprint density at radius 1 is 1.21 bits per heavy atom. The Morgan fingerprint density at radius 2 is 2.00 bits per heavy atom. The van der Waals surface area contributed by atoms with E-state index in [4.69, 9.17) is 0 Å². The molecule has 1 amide bonds. The number of nitrogens with one attached hydrogen (secondary N) is 1. The number of aromatic amines is 1. The topological polar surface area (TPSA) is 71.0 Å². The van der Waals surface area contributed by atoms with Gasteiger partial charge in [-0.15, -0.1) is 23.1 Å². The normalized spacial score (nSPS) is 16.7. The molecule has 4 aromatic rings. The quantitative estimate of drug-likeness (QED) is 0.453. The van der Waals surface area contributed by atoms with Gasteiger partial charge in [-0.05, 0) is 44.0 Å². The van der Waals surface area contributed by atoms with Gasteiger partial charge in [0.2, 0.25) is 5.91 Å². The zero-order valence-corrected chi connectivity index (χ0v) is 20.5. The molecule has 1 aliphatic rings. The van der Waals surface area contributed by atoms with Crippen molar-refractivity contribution in [2.45, 2.75) is 44.4 Å². The Hall–Kier alpha value is -2.84. The number of amides is 1. The molecule has 2 unspecified atom stereocenters. The monoisotopic (exact) mass is 478 g/mol. The van der Waals surface area contributed by atoms with E-state index in [1.165, 1.54) is 11.8 Å². The molecule has 33 heavy (non-hydrogen) atoms. The minimum Gasteiger partial charge on any atom is -0.348 e. The van der Waals surface area contributed by atoms with Crippen LogP contribution in [0.4, 0.5) is 0 Å². The van der Waals surface area contributed by atoms with Gasteiger partial charge in [0.15, 0.2) is 0 Å². The van der Waals surface area contributed by atoms with Crippen LogP contribution in [0.5, 0.6) is 0 Å². The number of carbonyl (C=O) groups excluding carboxylic acids is 1. The number of aromatic nitrogens is 3. The van der Waals surface area contributed by atoms with Crippen LogP contribution in [0.25, 0.3) is 10.2 Å². The van der Waals surface area contributed by atoms with Gasteiger partial charge in [-0.1, -0.05) is 30.3 Å². The third kappa shape index (κ3) is 4.02. The van der Waals surface area contributed by atoms with Crippen molar-refractivity contribution in [3.8, 4) is 0 Å². The third-order valence-electron chi connectivity index (χ3n) is 6.34. The first-order chi connectivity index (χ1) is 15.9. The van der Waals surface area contributed by atoms with Gasteiger partial charge in [0, 0.05) is 29.9 Å². The van der Waals surface area contributed by atoms with Crippen LogP contribution < -0.4 is 5.56 Å². The second kappa shape index (κ2) is 8.83. The predicted molar refractivity (Wildman–Crippen MR) is 135 cm³/mol. The van der Waals surface area contributed by atoms with E-state index in [2.05, 4.69) is 38.9 Å². The Labute approximate surface area is 200 Å². The summed E-state index contributed by atoms with van der Waals surface area (Å²) in [4.78, 5) is 37.6. The molecule has 0 fully saturated rings. The van der Waals surface area contributed by atoms with Crippen LogP contribution in [0.15, 0.2) is 53.5 Å². The lowest BCUT2D eigenvalue weighted by Crippen LogP contribution is -2.45. The second-order valence-electron chi connectivity index (χ2n) is 8.40. The van der Waals surface area contributed by atoms with Gasteiger partial charge >= 0.3 is 0 Å². The van der Waals surface area contributed by atoms with E-state index in [0.29, 0.717) is 23.5 Å². The first-order valence-corrected chi connectivity index (χ1v) is 12.9. The Kier molecular flexibility index (Phi) is 5.88. The van der Waals surface area contributed by atoms with Crippen molar-refractivity contribution >= 4 is 39.2 Å². The molecule has 0 saturated carbocycles. The Bertz CT molecular complexity index is 1370. The number of fused-ring (bicyclic) bond motifs is 2. The highest BCUT2D eigenvalue weighted by Gasteiger charge is 2.34. The molecule has 0 radical (unpaired) electrons. The van der Waals surface area contributed by atoms with E-state index < -0.39 is 0 Å². The summed E-state index contributed by atoms with van der Waals surface area (Å²) in [5.74, 6) is 1.20. The number of aryl methyl sites for hydroxylation is 2. The minimum atomic E-state index is -0.259. The zero-order chi connectivity index (χ0) is 23.1. The predicted octanol–water partition coefficient (Wildman–Crippen LogP) is 4.66. The van der Waals surface area contributed by atoms with E-state index in [1.54, 1.807) is 11.3 Å². The van der Waals surface area contributed by atoms with Crippen LogP contribution in [-0.2, 0) is 17.1 Å². The van der Waals surface area contributed by atoms with Crippen LogP contribution in [0.3, 0.4) is 0 Å². The number of carbonyl (C=O) groups is 1. The highest BCUT2D eigenvalue weighted by atomic mass is 32.2. The van der Waals surface area contributed by atoms with Crippen molar-refractivity contribution in [1.82, 2.24) is 19.4 Å². The van der Waals surface area contributed by atoms with Crippen LogP contribution in [0.1, 0.15) is 40.5 Å². The molecule has 6 nitrogen and oxygen atoms in total. The maximum Gasteiger partial charge on any atom is 0.259 e. The first-order valence-electron chi connectivity index (χ1n) is 11.0. The number of thiophene rings is 1. The molecule has 3 aromatic heterocycles. The lowest BCUT2D eigenvalue weighted by molar-refractivity contribution is -0.133. The number of rotatable bonds is 5. The summed E-state index contributed by atoms with van der Waals surface area (Å²) in [7, 11) is 0. The summed E-state index contributed by atoms with van der Waals surface area (Å²) in [5.41, 5.74) is 3.14. The highest BCUT2D eigenvalue weighted by Crippen LogP contribution is 2.34. The molecular weight excluding hydrogens is 452 g/mol. The van der Waals surface area contributed by atoms with Gasteiger partial charge in [0.25, 0.3) is 5.56 Å². The lowest BCUT2D eigenvalue weighted by Gasteiger charge is -2.38. The van der Waals surface area contributed by atoms with Crippen LogP contribution in [0, 0.1) is 13.8 Å². The van der Waals surface area contributed by atoms with E-state index in [0.717, 1.165) is 33.1 Å². The average molecular weight is 479 g/mol. The summed E-state index contributed by atoms with van der Waals surface area (Å²) in [6.45, 7) is 7.36. The van der Waals surface area contributed by atoms with Gasteiger partial charge in [-0.25, -0.2) is 4.98 Å². The van der Waals surface area contributed by atoms with Crippen molar-refractivity contribution in [2.75, 3.05) is 6.54 Å². The van der Waals surface area contributed by atoms with Gasteiger partial charge in [-0.2, -0.15) is 0 Å². The fourth-order valence-electron chi connectivity index (χ4n) is 4.48. The smallest absolute Gasteiger partial charge is 0.259 e. The largest absolute Gasteiger partial charge is 0.348 e. The molecule has 170 valence electrons. The summed E-state index contributed by atoms with van der Waals surface area (Å²) < 4.78 is 2.23. The number of hydrogen-bond donors (Lipinski definition) is 1. The molecule has 0 spiro atoms. The van der Waals surface area contributed by atoms with Crippen LogP contribution in [-0.4, -0.2) is 37.1 Å². The molecular formula is C25H26N4O2S2. The summed E-state index contributed by atoms with van der Waals surface area (Å²) in [5, 5.41) is 0.419. The molecule has 1 aromatic carbocycles. The van der Waals surface area contributed by atoms with Gasteiger partial charge in [0.05, 0.1) is 22.4 Å². The molecule has 4 heterocycles. The van der Waals surface area contributed by atoms with E-state index in [9.17, 15) is 9.59 Å². The zero-order valence-electron chi connectivity index (χ0n) is 18.9. The molecule has 2 atom stereocenters. The SMILES string of the molecule is Cc1sc2nc(CSC(C)C(=O)N3CCn4cccc4C3c3ccccc3)[nH]c(=O)c2c1C. The first kappa shape index (κ1) is 22.0. The molecule has 1 aliphatic heterocycles. The van der Waals surface area contributed by atoms with Crippen molar-refractivity contribution in [1.29, 1.82) is 0 Å². The van der Waals surface area contributed by atoms with Gasteiger partial charge in [0.1, 0.15) is 10.7 Å². The molecule has 8 heteroatoms. The van der Waals surface area contributed by atoms with E-state index in [-0.39, 0.29) is 22.8 Å². The molecule has 0 bridgehead atoms. The van der Waals surface area contributed by atoms with Crippen molar-refractivity contribution in [2.24, 2.45) is 0 Å². The number of nitrogens with zero attached hydrogens (tertiary/aromatic N) is 3. The van der Waals surface area contributed by atoms with Crippen LogP contribution in [0.2, 0.25) is 0 Å². The Balaban J connectivity index is 1.36. The molecule has 5 rings (SSSR count). The number of H-pyrrole nitrogens is 1. The lowest BCUT2D eigenvalue weighted by atomic mass is 9.99. The van der Waals surface area contributed by atoms with Gasteiger partial charge in [-0.3, -0.25) is 9.59 Å². The van der Waals surface area contributed by atoms with Crippen molar-refractivity contribution in [3.05, 3.63) is 86.5 Å². The summed E-state index contributed by atoms with van der Waals surface area (Å²) in [6, 6.07) is 14.2. The minimum absolute atomic E-state index is 0.0997. The number of benzene rings is 1. The average Bonchev–Trinajstić information content (AvgIpc) is 3.41. The second-order valence-corrected chi connectivity index (χ2v) is 10.9. The standard InChI is InChI=1S/C25H26N4O2S2/c1-15-16(2)33-24-21(15)23(30)26-20(27-24)14-32-17(3)25(31)29-13-12-28-11-7-10-19(28)22(29)18-8-5-4-6-9-18/h4-11,17,22H,12-14H2,1-3H3,(H,26,27,30). The fourth-order valence-corrected chi connectivity index (χ4v) is 6.35. The van der Waals surface area contributed by atoms with E-state index in [1.807, 2.05) is 49.9 Å². The summed E-state index contributed by atoms with van der Waals surface area (Å²) >= 11 is 3.06. The van der Waals surface area contributed by atoms with Crippen LogP contribution >= 0.6 is 23.1 Å². The molecule has 1 N–H and O–H groups in total. The third-order valence-corrected chi connectivity index (χ3v) is 8.59. The maximum absolute atomic E-state index is 13.6. The van der Waals surface area contributed by atoms with Crippen molar-refractivity contribution in [3.63, 3.8) is 0 Å². The highest BCUT2D eigenvalue weighted by molar-refractivity contribution is 7.99. The van der Waals surface area contributed by atoms with Gasteiger partial charge < -0.3 is 14.5 Å². The number of hydrogen-bond acceptors (Lipinski definition) is 5. The molecule has 0 saturated heterocycles.